The lowest BCUT2D eigenvalue weighted by atomic mass is 10.2. The van der Waals surface area contributed by atoms with Gasteiger partial charge in [-0.25, -0.2) is 4.98 Å². The Morgan fingerprint density at radius 1 is 1.46 bits per heavy atom. The average Bonchev–Trinajstić information content (AvgIpc) is 3.25. The minimum atomic E-state index is -0.461. The van der Waals surface area contributed by atoms with Crippen LogP contribution in [0.2, 0.25) is 0 Å². The highest BCUT2D eigenvalue weighted by Gasteiger charge is 2.19. The highest BCUT2D eigenvalue weighted by atomic mass is 32.1. The van der Waals surface area contributed by atoms with Crippen molar-refractivity contribution in [1.29, 1.82) is 0 Å². The molecule has 0 bridgehead atoms. The molecule has 1 saturated heterocycles. The summed E-state index contributed by atoms with van der Waals surface area (Å²) in [5, 5.41) is 6.98. The van der Waals surface area contributed by atoms with E-state index >= 15 is 0 Å². The first-order valence-electron chi connectivity index (χ1n) is 8.33. The number of benzene rings is 1. The lowest BCUT2D eigenvalue weighted by molar-refractivity contribution is -0.133. The van der Waals surface area contributed by atoms with E-state index in [0.717, 1.165) is 34.8 Å². The number of hydrogen-bond donors (Lipinski definition) is 2. The van der Waals surface area contributed by atoms with E-state index in [-0.39, 0.29) is 12.0 Å². The second-order valence-corrected chi connectivity index (χ2v) is 6.85. The number of para-hydroxylation sites is 1. The van der Waals surface area contributed by atoms with Gasteiger partial charge in [0, 0.05) is 19.7 Å². The first-order chi connectivity index (χ1) is 11.7. The molecule has 24 heavy (non-hydrogen) atoms. The summed E-state index contributed by atoms with van der Waals surface area (Å²) in [6, 6.07) is 8.02. The van der Waals surface area contributed by atoms with Crippen molar-refractivity contribution in [3.05, 3.63) is 24.3 Å². The standard InChI is InChI=1S/C17H23N3O3S/c1-12(23-11-13-5-4-10-22-13)16(21)18-8-9-19-17-20-14-6-2-3-7-15(14)24-17/h2-3,6-7,12-13H,4-5,8-11H2,1H3,(H,18,21)(H,19,20)/t12-,13-/m0/s1. The van der Waals surface area contributed by atoms with E-state index in [2.05, 4.69) is 15.6 Å². The van der Waals surface area contributed by atoms with Crippen LogP contribution in [0.5, 0.6) is 0 Å². The van der Waals surface area contributed by atoms with E-state index in [1.807, 2.05) is 24.3 Å². The molecule has 0 aliphatic carbocycles. The van der Waals surface area contributed by atoms with Gasteiger partial charge in [-0.3, -0.25) is 4.79 Å². The Balaban J connectivity index is 1.33. The number of nitrogens with one attached hydrogen (secondary N) is 2. The summed E-state index contributed by atoms with van der Waals surface area (Å²) in [6.45, 7) is 4.21. The first-order valence-corrected chi connectivity index (χ1v) is 9.14. The van der Waals surface area contributed by atoms with Gasteiger partial charge in [-0.15, -0.1) is 0 Å². The molecule has 2 atom stereocenters. The van der Waals surface area contributed by atoms with Crippen LogP contribution in [0.4, 0.5) is 5.13 Å². The van der Waals surface area contributed by atoms with Crippen molar-refractivity contribution >= 4 is 32.6 Å². The number of hydrogen-bond acceptors (Lipinski definition) is 6. The van der Waals surface area contributed by atoms with Crippen molar-refractivity contribution < 1.29 is 14.3 Å². The molecule has 130 valence electrons. The molecule has 2 aromatic rings. The Morgan fingerprint density at radius 2 is 2.33 bits per heavy atom. The maximum Gasteiger partial charge on any atom is 0.248 e. The summed E-state index contributed by atoms with van der Waals surface area (Å²) in [7, 11) is 0. The molecule has 2 N–H and O–H groups in total. The normalized spacial score (nSPS) is 18.6. The quantitative estimate of drug-likeness (QED) is 0.716. The fourth-order valence-corrected chi connectivity index (χ4v) is 3.44. The van der Waals surface area contributed by atoms with Gasteiger partial charge in [0.05, 0.1) is 22.9 Å². The molecule has 0 saturated carbocycles. The van der Waals surface area contributed by atoms with Gasteiger partial charge in [0.15, 0.2) is 5.13 Å². The number of ether oxygens (including phenoxy) is 2. The number of carbonyl (C=O) groups is 1. The molecule has 1 aliphatic heterocycles. The molecule has 1 aliphatic rings. The highest BCUT2D eigenvalue weighted by molar-refractivity contribution is 7.22. The van der Waals surface area contributed by atoms with Crippen LogP contribution in [0.1, 0.15) is 19.8 Å². The molecule has 1 amide bonds. The monoisotopic (exact) mass is 349 g/mol. The van der Waals surface area contributed by atoms with E-state index in [1.165, 1.54) is 0 Å². The molecule has 1 aromatic carbocycles. The third-order valence-electron chi connectivity index (χ3n) is 3.92. The highest BCUT2D eigenvalue weighted by Crippen LogP contribution is 2.24. The molecule has 0 radical (unpaired) electrons. The summed E-state index contributed by atoms with van der Waals surface area (Å²) in [4.78, 5) is 16.5. The molecule has 1 fully saturated rings. The van der Waals surface area contributed by atoms with E-state index in [9.17, 15) is 4.79 Å². The Kier molecular flexibility index (Phi) is 6.01. The zero-order chi connectivity index (χ0) is 16.8. The molecule has 0 spiro atoms. The van der Waals surface area contributed by atoms with Crippen molar-refractivity contribution in [2.24, 2.45) is 0 Å². The molecule has 7 heteroatoms. The Hall–Kier alpha value is -1.70. The Labute approximate surface area is 145 Å². The van der Waals surface area contributed by atoms with Gasteiger partial charge in [-0.05, 0) is 31.9 Å². The lowest BCUT2D eigenvalue weighted by Crippen LogP contribution is -2.38. The van der Waals surface area contributed by atoms with Gasteiger partial charge in [0.1, 0.15) is 6.10 Å². The average molecular weight is 349 g/mol. The smallest absolute Gasteiger partial charge is 0.248 e. The summed E-state index contributed by atoms with van der Waals surface area (Å²) >= 11 is 1.61. The van der Waals surface area contributed by atoms with Crippen LogP contribution < -0.4 is 10.6 Å². The number of nitrogens with zero attached hydrogens (tertiary/aromatic N) is 1. The van der Waals surface area contributed by atoms with Crippen LogP contribution >= 0.6 is 11.3 Å². The number of aromatic nitrogens is 1. The third-order valence-corrected chi connectivity index (χ3v) is 4.91. The van der Waals surface area contributed by atoms with Crippen molar-refractivity contribution in [2.75, 3.05) is 31.6 Å². The number of carbonyl (C=O) groups excluding carboxylic acids is 1. The zero-order valence-corrected chi connectivity index (χ0v) is 14.6. The van der Waals surface area contributed by atoms with Crippen LogP contribution in [0.25, 0.3) is 10.2 Å². The van der Waals surface area contributed by atoms with Crippen molar-refractivity contribution in [3.8, 4) is 0 Å². The molecule has 3 rings (SSSR count). The summed E-state index contributed by atoms with van der Waals surface area (Å²) in [6.07, 6.45) is 1.77. The van der Waals surface area contributed by atoms with Crippen molar-refractivity contribution in [1.82, 2.24) is 10.3 Å². The largest absolute Gasteiger partial charge is 0.376 e. The maximum absolute atomic E-state index is 12.0. The first kappa shape index (κ1) is 17.1. The third kappa shape index (κ3) is 4.66. The molecule has 0 unspecified atom stereocenters. The Morgan fingerprint density at radius 3 is 3.12 bits per heavy atom. The second-order valence-electron chi connectivity index (χ2n) is 5.82. The predicted octanol–water partition coefficient (Wildman–Crippen LogP) is 2.41. The molecule has 2 heterocycles. The van der Waals surface area contributed by atoms with Gasteiger partial charge in [0.2, 0.25) is 5.91 Å². The van der Waals surface area contributed by atoms with Gasteiger partial charge in [-0.1, -0.05) is 23.5 Å². The van der Waals surface area contributed by atoms with Gasteiger partial charge >= 0.3 is 0 Å². The van der Waals surface area contributed by atoms with Crippen molar-refractivity contribution in [2.45, 2.75) is 32.0 Å². The fourth-order valence-electron chi connectivity index (χ4n) is 2.55. The second kappa shape index (κ2) is 8.41. The van der Waals surface area contributed by atoms with E-state index in [0.29, 0.717) is 19.7 Å². The lowest BCUT2D eigenvalue weighted by Gasteiger charge is -2.16. The van der Waals surface area contributed by atoms with E-state index in [4.69, 9.17) is 9.47 Å². The fraction of sp³-hybridized carbons (Fsp3) is 0.529. The van der Waals surface area contributed by atoms with Crippen LogP contribution in [-0.4, -0.2) is 49.4 Å². The number of anilines is 1. The number of amides is 1. The predicted molar refractivity (Wildman–Crippen MR) is 95.5 cm³/mol. The molecular weight excluding hydrogens is 326 g/mol. The minimum absolute atomic E-state index is 0.0981. The number of fused-ring (bicyclic) bond motifs is 1. The van der Waals surface area contributed by atoms with E-state index < -0.39 is 6.10 Å². The van der Waals surface area contributed by atoms with Crippen molar-refractivity contribution in [3.63, 3.8) is 0 Å². The minimum Gasteiger partial charge on any atom is -0.376 e. The summed E-state index contributed by atoms with van der Waals surface area (Å²) in [5.41, 5.74) is 0.991. The molecular formula is C17H23N3O3S. The number of thiazole rings is 1. The van der Waals surface area contributed by atoms with Gasteiger partial charge < -0.3 is 20.1 Å². The van der Waals surface area contributed by atoms with Gasteiger partial charge in [-0.2, -0.15) is 0 Å². The topological polar surface area (TPSA) is 72.5 Å². The molecule has 1 aromatic heterocycles. The Bertz CT molecular complexity index is 637. The van der Waals surface area contributed by atoms with Crippen LogP contribution in [0.3, 0.4) is 0 Å². The SMILES string of the molecule is C[C@H](OC[C@@H]1CCCO1)C(=O)NCCNc1nc2ccccc2s1. The molecule has 6 nitrogen and oxygen atoms in total. The van der Waals surface area contributed by atoms with E-state index in [1.54, 1.807) is 18.3 Å². The van der Waals surface area contributed by atoms with Gasteiger partial charge in [0.25, 0.3) is 0 Å². The van der Waals surface area contributed by atoms with Crippen LogP contribution in [0, 0.1) is 0 Å². The maximum atomic E-state index is 12.0. The number of rotatable bonds is 8. The zero-order valence-electron chi connectivity index (χ0n) is 13.8. The van der Waals surface area contributed by atoms with Crippen LogP contribution in [-0.2, 0) is 14.3 Å². The summed E-state index contributed by atoms with van der Waals surface area (Å²) in [5.74, 6) is -0.0981. The summed E-state index contributed by atoms with van der Waals surface area (Å²) < 4.78 is 12.2. The van der Waals surface area contributed by atoms with Crippen LogP contribution in [0.15, 0.2) is 24.3 Å².